The van der Waals surface area contributed by atoms with Gasteiger partial charge < -0.3 is 14.6 Å². The lowest BCUT2D eigenvalue weighted by atomic mass is 9.67. The molecule has 0 aromatic heterocycles. The summed E-state index contributed by atoms with van der Waals surface area (Å²) in [4.78, 5) is 11.2. The average Bonchev–Trinajstić information content (AvgIpc) is 2.39. The number of carbonyl (C=O) groups is 1. The molecule has 1 heterocycles. The summed E-state index contributed by atoms with van der Waals surface area (Å²) in [6.07, 6.45) is 0.712. The highest BCUT2D eigenvalue weighted by molar-refractivity contribution is 9.09. The van der Waals surface area contributed by atoms with E-state index in [1.807, 2.05) is 27.7 Å². The van der Waals surface area contributed by atoms with Gasteiger partial charge in [0.05, 0.1) is 22.2 Å². The van der Waals surface area contributed by atoms with E-state index in [0.717, 1.165) is 0 Å². The highest BCUT2D eigenvalue weighted by Gasteiger charge is 2.58. The smallest absolute Gasteiger partial charge is 0.302 e. The molecule has 2 rings (SSSR count). The topological polar surface area (TPSA) is 55.8 Å². The summed E-state index contributed by atoms with van der Waals surface area (Å²) in [5.74, 6) is -0.483. The van der Waals surface area contributed by atoms with Crippen LogP contribution >= 0.6 is 43.5 Å². The molecule has 2 fully saturated rings. The Morgan fingerprint density at radius 1 is 1.21 bits per heavy atom. The minimum absolute atomic E-state index is 0.0425. The third kappa shape index (κ3) is 3.98. The Kier molecular flexibility index (Phi) is 6.10. The molecule has 0 radical (unpaired) electrons. The minimum atomic E-state index is -0.812. The summed E-state index contributed by atoms with van der Waals surface area (Å²) in [6, 6.07) is 0. The number of esters is 1. The number of carbonyl (C=O) groups excluding carboxylic acids is 1. The van der Waals surface area contributed by atoms with Gasteiger partial charge in [0.15, 0.2) is 0 Å². The number of ether oxygens (including phenoxy) is 2. The fourth-order valence-corrected chi connectivity index (χ4v) is 5.24. The lowest BCUT2D eigenvalue weighted by molar-refractivity contribution is -0.253. The van der Waals surface area contributed by atoms with Gasteiger partial charge in [0.2, 0.25) is 0 Å². The molecule has 0 amide bonds. The van der Waals surface area contributed by atoms with E-state index in [-0.39, 0.29) is 27.6 Å². The molecule has 2 aliphatic rings. The van der Waals surface area contributed by atoms with Gasteiger partial charge >= 0.3 is 5.97 Å². The van der Waals surface area contributed by atoms with Crippen LogP contribution < -0.4 is 0 Å². The van der Waals surface area contributed by atoms with Gasteiger partial charge in [-0.3, -0.25) is 4.79 Å². The maximum absolute atomic E-state index is 11.6. The molecular formula is C17H27Br2ClO4. The predicted molar refractivity (Wildman–Crippen MR) is 102 cm³/mol. The van der Waals surface area contributed by atoms with Crippen LogP contribution in [0.15, 0.2) is 0 Å². The second kappa shape index (κ2) is 6.99. The summed E-state index contributed by atoms with van der Waals surface area (Å²) in [5.41, 5.74) is -1.24. The molecule has 24 heavy (non-hydrogen) atoms. The summed E-state index contributed by atoms with van der Waals surface area (Å²) < 4.78 is 12.0. The Bertz CT molecular complexity index is 499. The minimum Gasteiger partial charge on any atom is -0.462 e. The third-order valence-corrected chi connectivity index (χ3v) is 9.09. The van der Waals surface area contributed by atoms with Crippen LogP contribution in [0.25, 0.3) is 0 Å². The van der Waals surface area contributed by atoms with Crippen molar-refractivity contribution in [2.75, 3.05) is 0 Å². The molecule has 1 N–H and O–H groups in total. The van der Waals surface area contributed by atoms with E-state index in [2.05, 4.69) is 31.9 Å². The summed E-state index contributed by atoms with van der Waals surface area (Å²) in [6.45, 7) is 9.30. The number of aliphatic hydroxyl groups excluding tert-OH is 1. The molecule has 7 heteroatoms. The Balaban J connectivity index is 2.36. The van der Waals surface area contributed by atoms with Crippen molar-refractivity contribution < 1.29 is 19.4 Å². The SMILES string of the molecule is CC(=O)OC1CC(C)(Cl)C(Br)CC1C1(C)OC(C)(C)C(Br)CC1O. The standard InChI is InChI=1S/C17H27Br2ClO4/c1-9(21)23-11-8-16(4,20)13(19)6-10(11)17(5)14(22)7-12(18)15(2,3)24-17/h10-14,22H,6-8H2,1-5H3. The molecular weight excluding hydrogens is 463 g/mol. The Morgan fingerprint density at radius 2 is 1.79 bits per heavy atom. The van der Waals surface area contributed by atoms with E-state index in [1.54, 1.807) is 0 Å². The van der Waals surface area contributed by atoms with Crippen LogP contribution in [0.2, 0.25) is 0 Å². The first-order valence-electron chi connectivity index (χ1n) is 8.32. The van der Waals surface area contributed by atoms with Gasteiger partial charge in [-0.05, 0) is 40.5 Å². The number of rotatable bonds is 2. The second-order valence-electron chi connectivity index (χ2n) is 8.05. The van der Waals surface area contributed by atoms with E-state index in [9.17, 15) is 9.90 Å². The van der Waals surface area contributed by atoms with Crippen LogP contribution in [0.5, 0.6) is 0 Å². The lowest BCUT2D eigenvalue weighted by Gasteiger charge is -2.56. The first kappa shape index (κ1) is 20.9. The van der Waals surface area contributed by atoms with Crippen molar-refractivity contribution in [3.63, 3.8) is 0 Å². The average molecular weight is 491 g/mol. The quantitative estimate of drug-likeness (QED) is 0.466. The molecule has 7 atom stereocenters. The molecule has 0 spiro atoms. The van der Waals surface area contributed by atoms with Gasteiger partial charge in [-0.2, -0.15) is 0 Å². The molecule has 0 bridgehead atoms. The highest BCUT2D eigenvalue weighted by atomic mass is 79.9. The van der Waals surface area contributed by atoms with Crippen LogP contribution in [0, 0.1) is 5.92 Å². The van der Waals surface area contributed by atoms with Gasteiger partial charge in [-0.25, -0.2) is 0 Å². The number of aliphatic hydroxyl groups is 1. The van der Waals surface area contributed by atoms with E-state index >= 15 is 0 Å². The van der Waals surface area contributed by atoms with Gasteiger partial charge in [0.25, 0.3) is 0 Å². The summed E-state index contributed by atoms with van der Waals surface area (Å²) >= 11 is 13.9. The monoisotopic (exact) mass is 488 g/mol. The van der Waals surface area contributed by atoms with Crippen LogP contribution in [0.4, 0.5) is 0 Å². The molecule has 1 aliphatic carbocycles. The fraction of sp³-hybridized carbons (Fsp3) is 0.941. The predicted octanol–water partition coefficient (Wildman–Crippen LogP) is 4.17. The number of hydrogen-bond acceptors (Lipinski definition) is 4. The van der Waals surface area contributed by atoms with Crippen LogP contribution in [0.3, 0.4) is 0 Å². The Hall–Kier alpha value is 0.640. The van der Waals surface area contributed by atoms with Crippen LogP contribution in [-0.2, 0) is 14.3 Å². The molecule has 140 valence electrons. The second-order valence-corrected chi connectivity index (χ2v) is 11.1. The van der Waals surface area contributed by atoms with Crippen molar-refractivity contribution in [3.05, 3.63) is 0 Å². The van der Waals surface area contributed by atoms with Gasteiger partial charge in [-0.1, -0.05) is 31.9 Å². The Labute approximate surface area is 166 Å². The Morgan fingerprint density at radius 3 is 2.33 bits per heavy atom. The molecule has 7 unspecified atom stereocenters. The molecule has 0 aromatic rings. The maximum Gasteiger partial charge on any atom is 0.302 e. The largest absolute Gasteiger partial charge is 0.462 e. The highest BCUT2D eigenvalue weighted by Crippen LogP contribution is 2.51. The fourth-order valence-electron chi connectivity index (χ4n) is 3.96. The van der Waals surface area contributed by atoms with Crippen molar-refractivity contribution in [1.82, 2.24) is 0 Å². The van der Waals surface area contributed by atoms with E-state index < -0.39 is 22.2 Å². The molecule has 1 aliphatic heterocycles. The van der Waals surface area contributed by atoms with Crippen molar-refractivity contribution in [1.29, 1.82) is 0 Å². The van der Waals surface area contributed by atoms with Crippen LogP contribution in [-0.4, -0.2) is 49.0 Å². The van der Waals surface area contributed by atoms with E-state index in [0.29, 0.717) is 19.3 Å². The summed E-state index contributed by atoms with van der Waals surface area (Å²) in [5, 5.41) is 10.8. The number of hydrogen-bond donors (Lipinski definition) is 1. The lowest BCUT2D eigenvalue weighted by Crippen LogP contribution is -2.65. The maximum atomic E-state index is 11.6. The van der Waals surface area contributed by atoms with Crippen molar-refractivity contribution in [2.24, 2.45) is 5.92 Å². The molecule has 0 aromatic carbocycles. The van der Waals surface area contributed by atoms with Gasteiger partial charge in [-0.15, -0.1) is 11.6 Å². The van der Waals surface area contributed by atoms with E-state index in [1.165, 1.54) is 6.92 Å². The first-order chi connectivity index (χ1) is 10.8. The van der Waals surface area contributed by atoms with E-state index in [4.69, 9.17) is 21.1 Å². The van der Waals surface area contributed by atoms with Gasteiger partial charge in [0, 0.05) is 28.9 Å². The first-order valence-corrected chi connectivity index (χ1v) is 10.5. The van der Waals surface area contributed by atoms with Crippen molar-refractivity contribution in [2.45, 2.75) is 91.8 Å². The third-order valence-electron chi connectivity index (χ3n) is 5.55. The van der Waals surface area contributed by atoms with Crippen LogP contribution in [0.1, 0.15) is 53.9 Å². The normalized spacial score (nSPS) is 48.8. The number of halogens is 3. The molecule has 1 saturated carbocycles. The molecule has 1 saturated heterocycles. The zero-order valence-corrected chi connectivity index (χ0v) is 18.7. The zero-order chi connectivity index (χ0) is 18.5. The van der Waals surface area contributed by atoms with Crippen molar-refractivity contribution in [3.8, 4) is 0 Å². The zero-order valence-electron chi connectivity index (χ0n) is 14.8. The number of alkyl halides is 3. The molecule has 4 nitrogen and oxygen atoms in total. The van der Waals surface area contributed by atoms with Crippen molar-refractivity contribution >= 4 is 49.4 Å². The summed E-state index contributed by atoms with van der Waals surface area (Å²) in [7, 11) is 0. The van der Waals surface area contributed by atoms with Gasteiger partial charge in [0.1, 0.15) is 6.10 Å².